The van der Waals surface area contributed by atoms with Crippen LogP contribution in [0.5, 0.6) is 5.75 Å². The Hall–Kier alpha value is -3.29. The first-order chi connectivity index (χ1) is 15.3. The van der Waals surface area contributed by atoms with E-state index in [1.807, 2.05) is 35.8 Å². The van der Waals surface area contributed by atoms with Gasteiger partial charge in [-0.25, -0.2) is 4.79 Å². The third kappa shape index (κ3) is 2.92. The van der Waals surface area contributed by atoms with Crippen LogP contribution in [-0.4, -0.2) is 25.4 Å². The van der Waals surface area contributed by atoms with Gasteiger partial charge in [0.2, 0.25) is 0 Å². The first-order valence-corrected chi connectivity index (χ1v) is 10.7. The fraction of sp³-hybridized carbons (Fsp3) is 0.250. The number of halogens is 1. The number of benzene rings is 2. The largest absolute Gasteiger partial charge is 0.508 e. The van der Waals surface area contributed by atoms with Gasteiger partial charge >= 0.3 is 5.69 Å². The van der Waals surface area contributed by atoms with E-state index in [1.165, 1.54) is 11.6 Å². The van der Waals surface area contributed by atoms with Crippen molar-refractivity contribution in [3.05, 3.63) is 85.1 Å². The molecular formula is C24H22ClN3O4. The van der Waals surface area contributed by atoms with Crippen LogP contribution in [0.4, 0.5) is 0 Å². The number of fused-ring (bicyclic) bond motifs is 3. The lowest BCUT2D eigenvalue weighted by atomic mass is 10.0. The van der Waals surface area contributed by atoms with Gasteiger partial charge in [0.05, 0.1) is 28.9 Å². The summed E-state index contributed by atoms with van der Waals surface area (Å²) in [6.07, 6.45) is -0.634. The van der Waals surface area contributed by atoms with E-state index in [1.54, 1.807) is 25.2 Å². The van der Waals surface area contributed by atoms with Gasteiger partial charge in [-0.2, -0.15) is 0 Å². The molecule has 1 aliphatic heterocycles. The molecule has 0 saturated carbocycles. The lowest BCUT2D eigenvalue weighted by molar-refractivity contribution is 0.0464. The molecule has 32 heavy (non-hydrogen) atoms. The van der Waals surface area contributed by atoms with E-state index >= 15 is 0 Å². The minimum atomic E-state index is -0.634. The zero-order valence-corrected chi connectivity index (χ0v) is 18.7. The summed E-state index contributed by atoms with van der Waals surface area (Å²) in [5.74, 6) is 0.111. The van der Waals surface area contributed by atoms with Crippen molar-refractivity contribution in [1.82, 2.24) is 13.7 Å². The molecule has 2 aromatic heterocycles. The Balaban J connectivity index is 1.94. The van der Waals surface area contributed by atoms with E-state index < -0.39 is 11.8 Å². The van der Waals surface area contributed by atoms with Crippen molar-refractivity contribution < 1.29 is 9.84 Å². The van der Waals surface area contributed by atoms with Crippen molar-refractivity contribution in [2.24, 2.45) is 14.1 Å². The SMILES string of the molecule is Cc1ccc(C2OCCn3c(-c4ccc(Cl)cc4)c4c(=O)n(C)c(=O)n(C)c4c32)c(O)c1. The van der Waals surface area contributed by atoms with Crippen LogP contribution in [0, 0.1) is 6.92 Å². The lowest BCUT2D eigenvalue weighted by Gasteiger charge is -2.28. The topological polar surface area (TPSA) is 78.4 Å². The van der Waals surface area contributed by atoms with Crippen LogP contribution in [0.3, 0.4) is 0 Å². The Morgan fingerprint density at radius 3 is 2.47 bits per heavy atom. The number of hydrogen-bond donors (Lipinski definition) is 1. The Morgan fingerprint density at radius 1 is 1.06 bits per heavy atom. The van der Waals surface area contributed by atoms with Gasteiger partial charge in [-0.15, -0.1) is 0 Å². The minimum Gasteiger partial charge on any atom is -0.508 e. The quantitative estimate of drug-likeness (QED) is 0.506. The summed E-state index contributed by atoms with van der Waals surface area (Å²) in [5.41, 5.74) is 3.42. The highest BCUT2D eigenvalue weighted by molar-refractivity contribution is 6.30. The van der Waals surface area contributed by atoms with Crippen LogP contribution in [0.15, 0.2) is 52.1 Å². The van der Waals surface area contributed by atoms with E-state index in [4.69, 9.17) is 16.3 Å². The highest BCUT2D eigenvalue weighted by Gasteiger charge is 2.34. The fourth-order valence-electron chi connectivity index (χ4n) is 4.60. The van der Waals surface area contributed by atoms with Gasteiger partial charge in [0.1, 0.15) is 11.9 Å². The second-order valence-electron chi connectivity index (χ2n) is 8.13. The van der Waals surface area contributed by atoms with Crippen molar-refractivity contribution >= 4 is 22.5 Å². The van der Waals surface area contributed by atoms with E-state index in [0.29, 0.717) is 46.0 Å². The van der Waals surface area contributed by atoms with E-state index in [-0.39, 0.29) is 11.3 Å². The molecule has 1 unspecified atom stereocenters. The van der Waals surface area contributed by atoms with Gasteiger partial charge in [-0.05, 0) is 36.2 Å². The summed E-state index contributed by atoms with van der Waals surface area (Å²) in [7, 11) is 3.13. The van der Waals surface area contributed by atoms with Gasteiger partial charge in [0.15, 0.2) is 0 Å². The number of aryl methyl sites for hydroxylation is 2. The number of aromatic nitrogens is 3. The number of nitrogens with zero attached hydrogens (tertiary/aromatic N) is 3. The lowest BCUT2D eigenvalue weighted by Crippen LogP contribution is -2.37. The normalized spacial score (nSPS) is 15.8. The van der Waals surface area contributed by atoms with E-state index in [9.17, 15) is 14.7 Å². The van der Waals surface area contributed by atoms with E-state index in [2.05, 4.69) is 0 Å². The van der Waals surface area contributed by atoms with Crippen molar-refractivity contribution in [3.8, 4) is 17.0 Å². The van der Waals surface area contributed by atoms with Crippen LogP contribution in [0.25, 0.3) is 22.2 Å². The zero-order valence-electron chi connectivity index (χ0n) is 17.9. The Morgan fingerprint density at radius 2 is 1.78 bits per heavy atom. The monoisotopic (exact) mass is 451 g/mol. The third-order valence-electron chi connectivity index (χ3n) is 6.14. The Labute approximate surface area is 188 Å². The molecular weight excluding hydrogens is 430 g/mol. The number of phenolic OH excluding ortho intramolecular Hbond substituents is 1. The standard InChI is InChI=1S/C24H22ClN3O4/c1-13-4-9-16(17(29)12-13)22-21-20-18(23(30)27(3)24(31)26(20)2)19(28(21)10-11-32-22)14-5-7-15(25)8-6-14/h4-9,12,22,29H,10-11H2,1-3H3. The van der Waals surface area contributed by atoms with Crippen LogP contribution >= 0.6 is 11.6 Å². The number of hydrogen-bond acceptors (Lipinski definition) is 4. The molecule has 164 valence electrons. The number of phenols is 1. The highest BCUT2D eigenvalue weighted by atomic mass is 35.5. The molecule has 5 rings (SSSR count). The molecule has 3 heterocycles. The summed E-state index contributed by atoms with van der Waals surface area (Å²) >= 11 is 6.10. The first kappa shape index (κ1) is 20.6. The van der Waals surface area contributed by atoms with Crippen LogP contribution < -0.4 is 11.2 Å². The van der Waals surface area contributed by atoms with Gasteiger partial charge in [0.25, 0.3) is 5.56 Å². The van der Waals surface area contributed by atoms with Crippen molar-refractivity contribution in [1.29, 1.82) is 0 Å². The zero-order chi connectivity index (χ0) is 22.7. The van der Waals surface area contributed by atoms with Crippen LogP contribution in [0.1, 0.15) is 22.9 Å². The second kappa shape index (κ2) is 7.39. The third-order valence-corrected chi connectivity index (χ3v) is 6.39. The van der Waals surface area contributed by atoms with Gasteiger partial charge in [-0.1, -0.05) is 35.9 Å². The predicted octanol–water partition coefficient (Wildman–Crippen LogP) is 3.49. The maximum atomic E-state index is 13.4. The molecule has 0 aliphatic carbocycles. The number of aromatic hydroxyl groups is 1. The molecule has 0 spiro atoms. The maximum Gasteiger partial charge on any atom is 0.331 e. The summed E-state index contributed by atoms with van der Waals surface area (Å²) < 4.78 is 10.8. The summed E-state index contributed by atoms with van der Waals surface area (Å²) in [4.78, 5) is 26.2. The van der Waals surface area contributed by atoms with Gasteiger partial charge in [0, 0.05) is 31.2 Å². The van der Waals surface area contributed by atoms with Gasteiger partial charge < -0.3 is 14.4 Å². The Bertz CT molecular complexity index is 1500. The van der Waals surface area contributed by atoms with Crippen LogP contribution in [0.2, 0.25) is 5.02 Å². The predicted molar refractivity (Wildman–Crippen MR) is 124 cm³/mol. The average Bonchev–Trinajstić information content (AvgIpc) is 3.12. The van der Waals surface area contributed by atoms with Crippen molar-refractivity contribution in [3.63, 3.8) is 0 Å². The van der Waals surface area contributed by atoms with E-state index in [0.717, 1.165) is 15.7 Å². The molecule has 0 radical (unpaired) electrons. The molecule has 0 fully saturated rings. The summed E-state index contributed by atoms with van der Waals surface area (Å²) in [6.45, 7) is 2.79. The Kier molecular flexibility index (Phi) is 4.76. The maximum absolute atomic E-state index is 13.4. The molecule has 0 saturated heterocycles. The number of rotatable bonds is 2. The number of ether oxygens (including phenoxy) is 1. The molecule has 2 aromatic carbocycles. The molecule has 1 aliphatic rings. The highest BCUT2D eigenvalue weighted by Crippen LogP contribution is 2.42. The molecule has 0 amide bonds. The molecule has 7 nitrogen and oxygen atoms in total. The molecule has 8 heteroatoms. The molecule has 1 atom stereocenters. The summed E-state index contributed by atoms with van der Waals surface area (Å²) in [5, 5.41) is 11.7. The second-order valence-corrected chi connectivity index (χ2v) is 8.57. The smallest absolute Gasteiger partial charge is 0.331 e. The first-order valence-electron chi connectivity index (χ1n) is 10.3. The molecule has 4 aromatic rings. The fourth-order valence-corrected chi connectivity index (χ4v) is 4.73. The van der Waals surface area contributed by atoms with Crippen molar-refractivity contribution in [2.45, 2.75) is 19.6 Å². The van der Waals surface area contributed by atoms with Crippen LogP contribution in [-0.2, 0) is 25.4 Å². The van der Waals surface area contributed by atoms with Crippen molar-refractivity contribution in [2.75, 3.05) is 6.61 Å². The average molecular weight is 452 g/mol. The molecule has 1 N–H and O–H groups in total. The summed E-state index contributed by atoms with van der Waals surface area (Å²) in [6, 6.07) is 12.7. The van der Waals surface area contributed by atoms with Gasteiger partial charge in [-0.3, -0.25) is 13.9 Å². The molecule has 0 bridgehead atoms. The minimum absolute atomic E-state index is 0.111.